The summed E-state index contributed by atoms with van der Waals surface area (Å²) in [6, 6.07) is 1.08. The van der Waals surface area contributed by atoms with Crippen LogP contribution in [0, 0.1) is 0 Å². The van der Waals surface area contributed by atoms with Gasteiger partial charge in [0.2, 0.25) is 0 Å². The van der Waals surface area contributed by atoms with Gasteiger partial charge in [0.05, 0.1) is 12.2 Å². The van der Waals surface area contributed by atoms with Crippen LogP contribution in [0.4, 0.5) is 0 Å². The van der Waals surface area contributed by atoms with Crippen molar-refractivity contribution in [1.82, 2.24) is 4.98 Å². The molecule has 5 heteroatoms. The summed E-state index contributed by atoms with van der Waals surface area (Å²) in [5.74, 6) is -0.794. The van der Waals surface area contributed by atoms with Crippen LogP contribution < -0.4 is 10.3 Å². The molecule has 0 saturated heterocycles. The molecule has 1 aromatic rings. The van der Waals surface area contributed by atoms with Gasteiger partial charge < -0.3 is 9.84 Å². The molecule has 1 aliphatic heterocycles. The van der Waals surface area contributed by atoms with Gasteiger partial charge in [-0.15, -0.1) is 0 Å². The van der Waals surface area contributed by atoms with Gasteiger partial charge >= 0.3 is 5.97 Å². The maximum Gasteiger partial charge on any atom is 0.336 e. The summed E-state index contributed by atoms with van der Waals surface area (Å²) in [6.45, 7) is 0.426. The van der Waals surface area contributed by atoms with Crippen LogP contribution in [-0.2, 0) is 6.42 Å². The molecule has 0 aromatic carbocycles. The van der Waals surface area contributed by atoms with E-state index in [1.807, 2.05) is 0 Å². The van der Waals surface area contributed by atoms with E-state index in [9.17, 15) is 9.59 Å². The van der Waals surface area contributed by atoms with Crippen LogP contribution in [-0.4, -0.2) is 22.7 Å². The average molecular weight is 181 g/mol. The molecule has 0 bridgehead atoms. The summed E-state index contributed by atoms with van der Waals surface area (Å²) < 4.78 is 5.05. The number of aromatic carboxylic acids is 1. The molecule has 0 atom stereocenters. The zero-order valence-electron chi connectivity index (χ0n) is 6.66. The zero-order valence-corrected chi connectivity index (χ0v) is 6.66. The Kier molecular flexibility index (Phi) is 1.58. The summed E-state index contributed by atoms with van der Waals surface area (Å²) in [5.41, 5.74) is 0.168. The Morgan fingerprint density at radius 3 is 3.08 bits per heavy atom. The lowest BCUT2D eigenvalue weighted by Gasteiger charge is -2.00. The number of ether oxygens (including phenoxy) is 1. The number of nitrogens with one attached hydrogen (secondary N) is 1. The molecular weight excluding hydrogens is 174 g/mol. The Labute approximate surface area is 73.0 Å². The number of carboxylic acid groups (broad SMARTS) is 1. The lowest BCUT2D eigenvalue weighted by molar-refractivity contribution is 0.0695. The molecule has 0 radical (unpaired) electrons. The Balaban J connectivity index is 2.69. The SMILES string of the molecule is O=C(O)c1cc(=O)[nH]c2c1CCO2. The van der Waals surface area contributed by atoms with Crippen molar-refractivity contribution in [2.24, 2.45) is 0 Å². The Morgan fingerprint density at radius 2 is 2.38 bits per heavy atom. The maximum absolute atomic E-state index is 11.0. The highest BCUT2D eigenvalue weighted by Crippen LogP contribution is 2.23. The van der Waals surface area contributed by atoms with Crippen LogP contribution in [0.5, 0.6) is 5.88 Å². The molecule has 5 nitrogen and oxygen atoms in total. The highest BCUT2D eigenvalue weighted by atomic mass is 16.5. The number of pyridine rings is 1. The fraction of sp³-hybridized carbons (Fsp3) is 0.250. The van der Waals surface area contributed by atoms with Crippen molar-refractivity contribution in [3.8, 4) is 5.88 Å². The minimum Gasteiger partial charge on any atom is -0.478 e. The van der Waals surface area contributed by atoms with Crippen molar-refractivity contribution < 1.29 is 14.6 Å². The van der Waals surface area contributed by atoms with Crippen LogP contribution >= 0.6 is 0 Å². The number of hydrogen-bond donors (Lipinski definition) is 2. The molecule has 0 unspecified atom stereocenters. The second kappa shape index (κ2) is 2.62. The van der Waals surface area contributed by atoms with Gasteiger partial charge in [-0.05, 0) is 0 Å². The smallest absolute Gasteiger partial charge is 0.336 e. The lowest BCUT2D eigenvalue weighted by Crippen LogP contribution is -2.11. The Morgan fingerprint density at radius 1 is 1.62 bits per heavy atom. The van der Waals surface area contributed by atoms with E-state index in [1.54, 1.807) is 0 Å². The van der Waals surface area contributed by atoms with Crippen molar-refractivity contribution in [3.63, 3.8) is 0 Å². The van der Waals surface area contributed by atoms with Crippen LogP contribution in [0.15, 0.2) is 10.9 Å². The van der Waals surface area contributed by atoms with Crippen molar-refractivity contribution in [2.45, 2.75) is 6.42 Å². The predicted octanol–water partition coefficient (Wildman–Crippen LogP) is 0.00800. The third-order valence-corrected chi connectivity index (χ3v) is 1.94. The highest BCUT2D eigenvalue weighted by molar-refractivity contribution is 5.90. The molecule has 0 aliphatic carbocycles. The van der Waals surface area contributed by atoms with Gasteiger partial charge in [0.25, 0.3) is 5.56 Å². The molecule has 1 aliphatic rings. The highest BCUT2D eigenvalue weighted by Gasteiger charge is 2.21. The zero-order chi connectivity index (χ0) is 9.42. The van der Waals surface area contributed by atoms with E-state index in [1.165, 1.54) is 0 Å². The van der Waals surface area contributed by atoms with Gasteiger partial charge in [-0.3, -0.25) is 9.78 Å². The summed E-state index contributed by atoms with van der Waals surface area (Å²) >= 11 is 0. The van der Waals surface area contributed by atoms with E-state index in [2.05, 4.69) is 4.98 Å². The minimum atomic E-state index is -1.09. The van der Waals surface area contributed by atoms with Crippen LogP contribution in [0.3, 0.4) is 0 Å². The number of hydrogen-bond acceptors (Lipinski definition) is 3. The third-order valence-electron chi connectivity index (χ3n) is 1.94. The summed E-state index contributed by atoms with van der Waals surface area (Å²) in [6.07, 6.45) is 0.535. The summed E-state index contributed by atoms with van der Waals surface area (Å²) in [5, 5.41) is 8.77. The molecule has 0 amide bonds. The lowest BCUT2D eigenvalue weighted by atomic mass is 10.1. The molecule has 2 N–H and O–H groups in total. The van der Waals surface area contributed by atoms with Crippen LogP contribution in [0.25, 0.3) is 0 Å². The summed E-state index contributed by atoms with van der Waals surface area (Å²) in [7, 11) is 0. The second-order valence-corrected chi connectivity index (χ2v) is 2.76. The standard InChI is InChI=1S/C8H7NO4/c10-6-3-5(8(11)12)4-1-2-13-7(4)9-6/h3H,1-2H2,(H,9,10)(H,11,12). The molecule has 0 fully saturated rings. The number of aromatic nitrogens is 1. The molecule has 2 heterocycles. The van der Waals surface area contributed by atoms with E-state index in [0.29, 0.717) is 24.5 Å². The van der Waals surface area contributed by atoms with Gasteiger partial charge in [-0.1, -0.05) is 0 Å². The number of rotatable bonds is 1. The van der Waals surface area contributed by atoms with Gasteiger partial charge in [-0.2, -0.15) is 0 Å². The third kappa shape index (κ3) is 1.18. The monoisotopic (exact) mass is 181 g/mol. The van der Waals surface area contributed by atoms with Crippen LogP contribution in [0.2, 0.25) is 0 Å². The molecule has 13 heavy (non-hydrogen) atoms. The van der Waals surface area contributed by atoms with E-state index >= 15 is 0 Å². The number of carboxylic acids is 1. The number of aromatic amines is 1. The molecule has 0 spiro atoms. The number of carbonyl (C=O) groups is 1. The van der Waals surface area contributed by atoms with Gasteiger partial charge in [0, 0.05) is 18.1 Å². The van der Waals surface area contributed by atoms with Gasteiger partial charge in [-0.25, -0.2) is 4.79 Å². The number of H-pyrrole nitrogens is 1. The Bertz CT molecular complexity index is 421. The van der Waals surface area contributed by atoms with E-state index in [0.717, 1.165) is 6.07 Å². The van der Waals surface area contributed by atoms with E-state index < -0.39 is 11.5 Å². The topological polar surface area (TPSA) is 79.4 Å². The van der Waals surface area contributed by atoms with E-state index in [-0.39, 0.29) is 5.56 Å². The second-order valence-electron chi connectivity index (χ2n) is 2.76. The van der Waals surface area contributed by atoms with Crippen LogP contribution in [0.1, 0.15) is 15.9 Å². The molecule has 68 valence electrons. The van der Waals surface area contributed by atoms with Gasteiger partial charge in [0.1, 0.15) is 0 Å². The number of fused-ring (bicyclic) bond motifs is 1. The maximum atomic E-state index is 11.0. The molecule has 1 aromatic heterocycles. The first-order chi connectivity index (χ1) is 6.18. The van der Waals surface area contributed by atoms with E-state index in [4.69, 9.17) is 9.84 Å². The Hall–Kier alpha value is -1.78. The largest absolute Gasteiger partial charge is 0.478 e. The summed E-state index contributed by atoms with van der Waals surface area (Å²) in [4.78, 5) is 24.1. The first kappa shape index (κ1) is 7.85. The van der Waals surface area contributed by atoms with Crippen molar-refractivity contribution in [3.05, 3.63) is 27.5 Å². The predicted molar refractivity (Wildman–Crippen MR) is 43.2 cm³/mol. The van der Waals surface area contributed by atoms with Crippen molar-refractivity contribution in [1.29, 1.82) is 0 Å². The fourth-order valence-corrected chi connectivity index (χ4v) is 1.38. The fourth-order valence-electron chi connectivity index (χ4n) is 1.38. The molecule has 2 rings (SSSR count). The molecular formula is C8H7NO4. The normalized spacial score (nSPS) is 13.5. The minimum absolute atomic E-state index is 0.0382. The van der Waals surface area contributed by atoms with Gasteiger partial charge in [0.15, 0.2) is 5.88 Å². The average Bonchev–Trinajstić information content (AvgIpc) is 2.49. The molecule has 0 saturated carbocycles. The van der Waals surface area contributed by atoms with Crippen molar-refractivity contribution >= 4 is 5.97 Å². The first-order valence-corrected chi connectivity index (χ1v) is 3.81. The van der Waals surface area contributed by atoms with Crippen molar-refractivity contribution in [2.75, 3.05) is 6.61 Å². The quantitative estimate of drug-likeness (QED) is 0.639. The first-order valence-electron chi connectivity index (χ1n) is 3.81.